The van der Waals surface area contributed by atoms with Crippen LogP contribution in [0.2, 0.25) is 0 Å². The predicted molar refractivity (Wildman–Crippen MR) is 138 cm³/mol. The van der Waals surface area contributed by atoms with E-state index in [2.05, 4.69) is 58.9 Å². The summed E-state index contributed by atoms with van der Waals surface area (Å²) in [5.74, 6) is 2.77. The third-order valence-corrected chi connectivity index (χ3v) is 7.28. The van der Waals surface area contributed by atoms with Crippen molar-refractivity contribution in [3.63, 3.8) is 0 Å². The van der Waals surface area contributed by atoms with E-state index >= 15 is 0 Å². The van der Waals surface area contributed by atoms with Gasteiger partial charge in [-0.15, -0.1) is 0 Å². The summed E-state index contributed by atoms with van der Waals surface area (Å²) in [5.41, 5.74) is 2.51. The highest BCUT2D eigenvalue weighted by atomic mass is 32.1. The van der Waals surface area contributed by atoms with E-state index in [4.69, 9.17) is 26.2 Å². The number of aryl methyl sites for hydroxylation is 1. The van der Waals surface area contributed by atoms with Crippen LogP contribution in [0, 0.1) is 12.8 Å². The van der Waals surface area contributed by atoms with Crippen LogP contribution in [0.15, 0.2) is 22.7 Å². The zero-order valence-corrected chi connectivity index (χ0v) is 21.6. The van der Waals surface area contributed by atoms with Crippen molar-refractivity contribution in [1.29, 1.82) is 0 Å². The Balaban J connectivity index is 1.15. The normalized spacial score (nSPS) is 17.4. The Morgan fingerprint density at radius 1 is 1.18 bits per heavy atom. The van der Waals surface area contributed by atoms with Crippen LogP contribution in [-0.2, 0) is 11.2 Å². The fourth-order valence-corrected chi connectivity index (χ4v) is 4.95. The van der Waals surface area contributed by atoms with E-state index < -0.39 is 0 Å². The molecule has 1 aromatic heterocycles. The Morgan fingerprint density at radius 3 is 2.62 bits per heavy atom. The first-order chi connectivity index (χ1) is 16.5. The van der Waals surface area contributed by atoms with Crippen LogP contribution in [0.4, 0.5) is 6.01 Å². The number of hydrogen-bond acceptors (Lipinski definition) is 7. The first-order valence-electron chi connectivity index (χ1n) is 12.7. The summed E-state index contributed by atoms with van der Waals surface area (Å²) in [6.07, 6.45) is 5.40. The summed E-state index contributed by atoms with van der Waals surface area (Å²) in [7, 11) is 0. The Hall–Kier alpha value is -2.19. The summed E-state index contributed by atoms with van der Waals surface area (Å²) in [6.45, 7) is 12.4. The monoisotopic (exact) mass is 486 g/mol. The van der Waals surface area contributed by atoms with E-state index in [9.17, 15) is 0 Å². The second-order valence-corrected chi connectivity index (χ2v) is 10.2. The Kier molecular flexibility index (Phi) is 8.78. The zero-order chi connectivity index (χ0) is 23.9. The van der Waals surface area contributed by atoms with Gasteiger partial charge in [0, 0.05) is 38.5 Å². The molecule has 34 heavy (non-hydrogen) atoms. The van der Waals surface area contributed by atoms with Gasteiger partial charge in [-0.1, -0.05) is 37.3 Å². The molecule has 0 N–H and O–H groups in total. The van der Waals surface area contributed by atoms with Crippen LogP contribution in [0.1, 0.15) is 62.4 Å². The van der Waals surface area contributed by atoms with Gasteiger partial charge in [0.1, 0.15) is 5.75 Å². The SMILES string of the molecule is Cc1cc(OCCCC2CCN(c3nc(C(C)C)no3)CC2)ccc1CC(=S)N1CCOCC1. The van der Waals surface area contributed by atoms with Gasteiger partial charge in [-0.05, 0) is 61.8 Å². The van der Waals surface area contributed by atoms with Crippen molar-refractivity contribution in [2.45, 2.75) is 58.8 Å². The number of ether oxygens (including phenoxy) is 2. The van der Waals surface area contributed by atoms with Gasteiger partial charge in [-0.2, -0.15) is 4.98 Å². The van der Waals surface area contributed by atoms with Crippen LogP contribution in [-0.4, -0.2) is 66.0 Å². The van der Waals surface area contributed by atoms with Crippen LogP contribution in [0.5, 0.6) is 5.75 Å². The van der Waals surface area contributed by atoms with Crippen molar-refractivity contribution in [1.82, 2.24) is 15.0 Å². The van der Waals surface area contributed by atoms with Crippen molar-refractivity contribution >= 4 is 23.2 Å². The molecule has 0 bridgehead atoms. The van der Waals surface area contributed by atoms with Gasteiger partial charge in [0.05, 0.1) is 24.8 Å². The average molecular weight is 487 g/mol. The number of morpholine rings is 1. The lowest BCUT2D eigenvalue weighted by atomic mass is 9.92. The first-order valence-corrected chi connectivity index (χ1v) is 13.1. The number of thiocarbonyl (C=S) groups is 1. The van der Waals surface area contributed by atoms with Gasteiger partial charge in [0.25, 0.3) is 0 Å². The number of anilines is 1. The van der Waals surface area contributed by atoms with Gasteiger partial charge >= 0.3 is 6.01 Å². The van der Waals surface area contributed by atoms with Crippen molar-refractivity contribution < 1.29 is 14.0 Å². The molecule has 0 atom stereocenters. The topological polar surface area (TPSA) is 63.9 Å². The zero-order valence-electron chi connectivity index (χ0n) is 20.8. The third-order valence-electron chi connectivity index (χ3n) is 6.88. The van der Waals surface area contributed by atoms with Gasteiger partial charge in [0.15, 0.2) is 5.82 Å². The molecule has 4 rings (SSSR count). The number of piperidine rings is 1. The molecule has 0 aliphatic carbocycles. The third kappa shape index (κ3) is 6.69. The van der Waals surface area contributed by atoms with E-state index in [0.29, 0.717) is 11.9 Å². The molecule has 2 aromatic rings. The van der Waals surface area contributed by atoms with E-state index in [0.717, 1.165) is 94.2 Å². The van der Waals surface area contributed by atoms with Gasteiger partial charge in [-0.3, -0.25) is 0 Å². The number of benzene rings is 1. The number of nitrogens with zero attached hydrogens (tertiary/aromatic N) is 4. The maximum atomic E-state index is 6.07. The lowest BCUT2D eigenvalue weighted by Crippen LogP contribution is -2.40. The number of aromatic nitrogens is 2. The molecule has 2 fully saturated rings. The van der Waals surface area contributed by atoms with Crippen LogP contribution >= 0.6 is 12.2 Å². The minimum Gasteiger partial charge on any atom is -0.494 e. The fourth-order valence-electron chi connectivity index (χ4n) is 4.61. The molecule has 0 unspecified atom stereocenters. The molecule has 0 spiro atoms. The molecule has 7 nitrogen and oxygen atoms in total. The maximum Gasteiger partial charge on any atom is 0.324 e. The summed E-state index contributed by atoms with van der Waals surface area (Å²) in [4.78, 5) is 10.0. The minimum atomic E-state index is 0.294. The first kappa shape index (κ1) is 24.9. The van der Waals surface area contributed by atoms with Crippen molar-refractivity contribution in [2.24, 2.45) is 5.92 Å². The molecule has 0 saturated carbocycles. The van der Waals surface area contributed by atoms with Crippen molar-refractivity contribution in [3.8, 4) is 5.75 Å². The maximum absolute atomic E-state index is 6.07. The lowest BCUT2D eigenvalue weighted by Gasteiger charge is -2.30. The number of rotatable bonds is 9. The van der Waals surface area contributed by atoms with Crippen LogP contribution < -0.4 is 9.64 Å². The molecule has 2 aliphatic rings. The largest absolute Gasteiger partial charge is 0.494 e. The second kappa shape index (κ2) is 12.0. The van der Waals surface area contributed by atoms with E-state index in [1.165, 1.54) is 17.5 Å². The van der Waals surface area contributed by atoms with Crippen molar-refractivity contribution in [3.05, 3.63) is 35.2 Å². The highest BCUT2D eigenvalue weighted by molar-refractivity contribution is 7.80. The van der Waals surface area contributed by atoms with Crippen molar-refractivity contribution in [2.75, 3.05) is 50.9 Å². The molecular formula is C26H38N4O3S. The van der Waals surface area contributed by atoms with E-state index in [1.807, 2.05) is 0 Å². The molecular weight excluding hydrogens is 448 g/mol. The smallest absolute Gasteiger partial charge is 0.324 e. The predicted octanol–water partition coefficient (Wildman–Crippen LogP) is 4.78. The van der Waals surface area contributed by atoms with Gasteiger partial charge in [0.2, 0.25) is 0 Å². The van der Waals surface area contributed by atoms with E-state index in [1.54, 1.807) is 0 Å². The summed E-state index contributed by atoms with van der Waals surface area (Å²) in [5, 5.41) is 4.09. The Bertz CT molecular complexity index is 934. The molecule has 0 radical (unpaired) electrons. The second-order valence-electron chi connectivity index (χ2n) is 9.77. The molecule has 2 aliphatic heterocycles. The minimum absolute atomic E-state index is 0.294. The van der Waals surface area contributed by atoms with E-state index in [-0.39, 0.29) is 0 Å². The average Bonchev–Trinajstić information content (AvgIpc) is 3.35. The summed E-state index contributed by atoms with van der Waals surface area (Å²) < 4.78 is 16.9. The lowest BCUT2D eigenvalue weighted by molar-refractivity contribution is 0.0684. The Labute approximate surface area is 208 Å². The van der Waals surface area contributed by atoms with Crippen LogP contribution in [0.25, 0.3) is 0 Å². The summed E-state index contributed by atoms with van der Waals surface area (Å²) >= 11 is 5.67. The number of hydrogen-bond donors (Lipinski definition) is 0. The molecule has 3 heterocycles. The highest BCUT2D eigenvalue weighted by Gasteiger charge is 2.23. The Morgan fingerprint density at radius 2 is 1.94 bits per heavy atom. The van der Waals surface area contributed by atoms with Gasteiger partial charge in [-0.25, -0.2) is 0 Å². The molecule has 0 amide bonds. The standard InChI is InChI=1S/C26H38N4O3S/c1-19(2)25-27-26(33-28-25)30-10-8-21(9-11-30)5-4-14-32-23-7-6-22(20(3)17-23)18-24(34)29-12-15-31-16-13-29/h6-7,17,19,21H,4-5,8-16,18H2,1-3H3. The highest BCUT2D eigenvalue weighted by Crippen LogP contribution is 2.26. The molecule has 186 valence electrons. The molecule has 8 heteroatoms. The molecule has 1 aromatic carbocycles. The fraction of sp³-hybridized carbons (Fsp3) is 0.654. The quantitative estimate of drug-likeness (QED) is 0.371. The van der Waals surface area contributed by atoms with Gasteiger partial charge < -0.3 is 23.8 Å². The van der Waals surface area contributed by atoms with Crippen LogP contribution in [0.3, 0.4) is 0 Å². The summed E-state index contributed by atoms with van der Waals surface area (Å²) in [6, 6.07) is 7.06. The molecule has 2 saturated heterocycles.